The molecule has 12 nitrogen and oxygen atoms in total. The zero-order valence-electron chi connectivity index (χ0n) is 25.3. The lowest BCUT2D eigenvalue weighted by Crippen LogP contribution is -2.38. The molecule has 238 valence electrons. The number of aromatic nitrogens is 5. The van der Waals surface area contributed by atoms with Gasteiger partial charge in [0.15, 0.2) is 11.5 Å². The molecule has 0 radical (unpaired) electrons. The van der Waals surface area contributed by atoms with Gasteiger partial charge in [-0.3, -0.25) is 18.8 Å². The molecular formula is C30H34ClFN8O4S. The van der Waals surface area contributed by atoms with Crippen molar-refractivity contribution < 1.29 is 17.6 Å². The number of anilines is 2. The minimum Gasteiger partial charge on any atom is -0.377 e. The third kappa shape index (κ3) is 6.25. The Morgan fingerprint density at radius 1 is 1.13 bits per heavy atom. The Balaban J connectivity index is 1.31. The van der Waals surface area contributed by atoms with Crippen LogP contribution in [0.15, 0.2) is 35.3 Å². The van der Waals surface area contributed by atoms with Crippen molar-refractivity contribution in [2.24, 2.45) is 7.05 Å². The quantitative estimate of drug-likeness (QED) is 0.267. The van der Waals surface area contributed by atoms with Crippen LogP contribution in [0.1, 0.15) is 77.9 Å². The Bertz CT molecular complexity index is 1980. The van der Waals surface area contributed by atoms with Crippen molar-refractivity contribution in [2.45, 2.75) is 57.5 Å². The third-order valence-electron chi connectivity index (χ3n) is 8.37. The summed E-state index contributed by atoms with van der Waals surface area (Å²) in [5.74, 6) is -0.639. The molecule has 2 aliphatic rings. The molecular weight excluding hydrogens is 623 g/mol. The van der Waals surface area contributed by atoms with Crippen LogP contribution < -0.4 is 20.5 Å². The molecule has 2 fully saturated rings. The molecule has 1 saturated carbocycles. The number of halogens is 2. The predicted molar refractivity (Wildman–Crippen MR) is 170 cm³/mol. The molecule has 0 spiro atoms. The summed E-state index contributed by atoms with van der Waals surface area (Å²) >= 11 is 6.04. The largest absolute Gasteiger partial charge is 0.377 e. The number of aryl methyl sites for hydroxylation is 1. The van der Waals surface area contributed by atoms with Gasteiger partial charge in [-0.05, 0) is 63.3 Å². The van der Waals surface area contributed by atoms with Gasteiger partial charge < -0.3 is 10.2 Å². The number of fused-ring (bicyclic) bond motifs is 1. The molecule has 1 saturated heterocycles. The first-order chi connectivity index (χ1) is 21.3. The topological polar surface area (TPSA) is 144 Å². The number of sulfonamides is 1. The molecule has 1 atom stereocenters. The third-order valence-corrected chi connectivity index (χ3v) is 9.13. The molecule has 3 aromatic heterocycles. The lowest BCUT2D eigenvalue weighted by atomic mass is 9.93. The van der Waals surface area contributed by atoms with E-state index in [2.05, 4.69) is 20.3 Å². The molecule has 2 N–H and O–H groups in total. The summed E-state index contributed by atoms with van der Waals surface area (Å²) in [7, 11) is -2.15. The highest BCUT2D eigenvalue weighted by Gasteiger charge is 2.34. The molecule has 45 heavy (non-hydrogen) atoms. The predicted octanol–water partition coefficient (Wildman–Crippen LogP) is 4.21. The molecule has 0 unspecified atom stereocenters. The van der Waals surface area contributed by atoms with Crippen LogP contribution in [0, 0.1) is 12.7 Å². The van der Waals surface area contributed by atoms with E-state index in [4.69, 9.17) is 16.6 Å². The molecule has 15 heteroatoms. The fourth-order valence-corrected chi connectivity index (χ4v) is 6.68. The normalized spacial score (nSPS) is 16.6. The van der Waals surface area contributed by atoms with E-state index in [0.29, 0.717) is 54.0 Å². The van der Waals surface area contributed by atoms with Gasteiger partial charge in [0.05, 0.1) is 46.8 Å². The van der Waals surface area contributed by atoms with E-state index in [9.17, 15) is 22.4 Å². The average molecular weight is 657 g/mol. The maximum Gasteiger partial charge on any atom is 0.285 e. The van der Waals surface area contributed by atoms with E-state index in [1.807, 2.05) is 29.3 Å². The Hall–Kier alpha value is -4.04. The molecule has 0 bridgehead atoms. The van der Waals surface area contributed by atoms with Gasteiger partial charge in [-0.15, -0.1) is 0 Å². The van der Waals surface area contributed by atoms with Crippen LogP contribution in [0.5, 0.6) is 0 Å². The highest BCUT2D eigenvalue weighted by molar-refractivity contribution is 7.89. The van der Waals surface area contributed by atoms with Crippen LogP contribution in [-0.2, 0) is 17.1 Å². The van der Waals surface area contributed by atoms with Crippen LogP contribution >= 0.6 is 11.6 Å². The van der Waals surface area contributed by atoms with Crippen molar-refractivity contribution in [3.63, 3.8) is 0 Å². The molecule has 4 heterocycles. The maximum absolute atomic E-state index is 14.7. The number of hydrogen-bond donors (Lipinski definition) is 2. The van der Waals surface area contributed by atoms with Gasteiger partial charge in [0.1, 0.15) is 5.15 Å². The minimum absolute atomic E-state index is 0.0196. The van der Waals surface area contributed by atoms with E-state index >= 15 is 0 Å². The van der Waals surface area contributed by atoms with Crippen molar-refractivity contribution in [2.75, 3.05) is 29.6 Å². The van der Waals surface area contributed by atoms with Gasteiger partial charge >= 0.3 is 0 Å². The maximum atomic E-state index is 14.7. The zero-order valence-corrected chi connectivity index (χ0v) is 26.9. The summed E-state index contributed by atoms with van der Waals surface area (Å²) < 4.78 is 43.5. The number of nitrogens with zero attached hydrogens (tertiary/aromatic N) is 6. The first kappa shape index (κ1) is 31.0. The SMILES string of the molecule is Cc1cc([C@@H](C)Nc2ccc(Cl)nc2C(=O)NS(C)(=O)=O)c2nc(N3CCC(c4c(F)cnn4C4CC4)CC3)n(C)c(=O)c2c1. The van der Waals surface area contributed by atoms with E-state index in [0.717, 1.165) is 24.7 Å². The van der Waals surface area contributed by atoms with Crippen molar-refractivity contribution in [1.29, 1.82) is 0 Å². The second-order valence-corrected chi connectivity index (χ2v) is 14.1. The summed E-state index contributed by atoms with van der Waals surface area (Å²) in [6.07, 6.45) is 5.63. The summed E-state index contributed by atoms with van der Waals surface area (Å²) in [5, 5.41) is 7.99. The van der Waals surface area contributed by atoms with Gasteiger partial charge in [0.2, 0.25) is 16.0 Å². The van der Waals surface area contributed by atoms with Crippen LogP contribution in [-0.4, -0.2) is 58.0 Å². The van der Waals surface area contributed by atoms with Gasteiger partial charge in [-0.1, -0.05) is 17.7 Å². The van der Waals surface area contributed by atoms with E-state index in [1.54, 1.807) is 23.7 Å². The smallest absolute Gasteiger partial charge is 0.285 e. The summed E-state index contributed by atoms with van der Waals surface area (Å²) in [6, 6.07) is 6.56. The first-order valence-electron chi connectivity index (χ1n) is 14.7. The molecule has 1 aliphatic heterocycles. The number of benzene rings is 1. The molecule has 1 aliphatic carbocycles. The number of nitrogens with one attached hydrogen (secondary N) is 2. The van der Waals surface area contributed by atoms with E-state index in [-0.39, 0.29) is 39.9 Å². The number of pyridine rings is 1. The number of rotatable bonds is 8. The minimum atomic E-state index is -3.85. The van der Waals surface area contributed by atoms with Crippen molar-refractivity contribution in [3.8, 4) is 0 Å². The fourth-order valence-electron chi connectivity index (χ4n) is 6.10. The zero-order chi connectivity index (χ0) is 32.2. The Morgan fingerprint density at radius 2 is 1.84 bits per heavy atom. The number of hydrogen-bond acceptors (Lipinski definition) is 9. The number of carbonyl (C=O) groups is 1. The van der Waals surface area contributed by atoms with Crippen LogP contribution in [0.3, 0.4) is 0 Å². The van der Waals surface area contributed by atoms with Crippen molar-refractivity contribution >= 4 is 50.1 Å². The molecule has 6 rings (SSSR count). The molecule has 4 aromatic rings. The Morgan fingerprint density at radius 3 is 2.51 bits per heavy atom. The van der Waals surface area contributed by atoms with Crippen LogP contribution in [0.2, 0.25) is 5.15 Å². The molecule has 1 amide bonds. The number of amides is 1. The fraction of sp³-hybridized carbons (Fsp3) is 0.433. The second-order valence-electron chi connectivity index (χ2n) is 11.9. The monoisotopic (exact) mass is 656 g/mol. The standard InChI is InChI=1S/C30H34ClFN8O4S/c1-16-13-20(17(2)34-23-7-8-24(31)35-26(23)28(41)37-45(4,43)44)25-21(14-16)29(42)38(3)30(36-25)39-11-9-18(10-12-39)27-22(32)15-33-40(27)19-5-6-19/h7-8,13-15,17-19,34H,5-6,9-12H2,1-4H3,(H,37,41)/t17-/m1/s1. The average Bonchev–Trinajstić information content (AvgIpc) is 3.76. The van der Waals surface area contributed by atoms with Crippen molar-refractivity contribution in [1.82, 2.24) is 29.0 Å². The van der Waals surface area contributed by atoms with E-state index in [1.165, 1.54) is 12.3 Å². The molecule has 1 aromatic carbocycles. The second kappa shape index (κ2) is 11.7. The summed E-state index contributed by atoms with van der Waals surface area (Å²) in [5.41, 5.74) is 2.60. The van der Waals surface area contributed by atoms with E-state index < -0.39 is 22.0 Å². The number of carbonyl (C=O) groups excluding carboxylic acids is 1. The Kier molecular flexibility index (Phi) is 8.06. The lowest BCUT2D eigenvalue weighted by Gasteiger charge is -2.34. The highest BCUT2D eigenvalue weighted by Crippen LogP contribution is 2.40. The van der Waals surface area contributed by atoms with Gasteiger partial charge in [0.25, 0.3) is 11.5 Å². The van der Waals surface area contributed by atoms with Gasteiger partial charge in [0, 0.05) is 31.6 Å². The Labute approximate surface area is 264 Å². The van der Waals surface area contributed by atoms with Gasteiger partial charge in [-0.25, -0.2) is 27.5 Å². The first-order valence-corrected chi connectivity index (χ1v) is 17.0. The highest BCUT2D eigenvalue weighted by atomic mass is 35.5. The van der Waals surface area contributed by atoms with Crippen LogP contribution in [0.4, 0.5) is 16.0 Å². The summed E-state index contributed by atoms with van der Waals surface area (Å²) in [4.78, 5) is 37.6. The van der Waals surface area contributed by atoms with Crippen LogP contribution in [0.25, 0.3) is 10.9 Å². The van der Waals surface area contributed by atoms with Gasteiger partial charge in [-0.2, -0.15) is 5.10 Å². The summed E-state index contributed by atoms with van der Waals surface area (Å²) in [6.45, 7) is 4.92. The van der Waals surface area contributed by atoms with Crippen molar-refractivity contribution in [3.05, 3.63) is 74.3 Å². The number of piperidine rings is 1. The lowest BCUT2D eigenvalue weighted by molar-refractivity contribution is 0.0977.